The van der Waals surface area contributed by atoms with Crippen molar-refractivity contribution in [3.63, 3.8) is 0 Å². The van der Waals surface area contributed by atoms with Crippen molar-refractivity contribution >= 4 is 38.2 Å². The molecular weight excluding hydrogens is 562 g/mol. The summed E-state index contributed by atoms with van der Waals surface area (Å²) in [6.07, 6.45) is 2.11. The molecule has 4 rings (SSSR count). The van der Waals surface area contributed by atoms with E-state index in [9.17, 15) is 13.2 Å². The van der Waals surface area contributed by atoms with Crippen molar-refractivity contribution in [2.24, 2.45) is 0 Å². The summed E-state index contributed by atoms with van der Waals surface area (Å²) in [5, 5.41) is 0.705. The summed E-state index contributed by atoms with van der Waals surface area (Å²) in [7, 11) is 0.598. The van der Waals surface area contributed by atoms with Gasteiger partial charge in [0.05, 0.1) is 39.4 Å². The molecule has 11 heteroatoms. The lowest BCUT2D eigenvalue weighted by atomic mass is 10.1. The Morgan fingerprint density at radius 3 is 2.44 bits per heavy atom. The Balaban J connectivity index is 1.61. The Morgan fingerprint density at radius 2 is 1.73 bits per heavy atom. The van der Waals surface area contributed by atoms with E-state index in [-0.39, 0.29) is 30.5 Å². The van der Waals surface area contributed by atoms with Crippen LogP contribution < -0.4 is 9.47 Å². The van der Waals surface area contributed by atoms with Gasteiger partial charge in [0.1, 0.15) is 4.90 Å². The molecule has 4 aromatic rings. The van der Waals surface area contributed by atoms with Crippen molar-refractivity contribution in [3.8, 4) is 11.5 Å². The van der Waals surface area contributed by atoms with E-state index in [2.05, 4.69) is 4.98 Å². The molecule has 9 nitrogen and oxygen atoms in total. The van der Waals surface area contributed by atoms with Gasteiger partial charge in [-0.15, -0.1) is 11.3 Å². The van der Waals surface area contributed by atoms with Gasteiger partial charge in [-0.1, -0.05) is 24.3 Å². The van der Waals surface area contributed by atoms with Gasteiger partial charge in [-0.05, 0) is 55.3 Å². The van der Waals surface area contributed by atoms with Crippen LogP contribution in [0, 0.1) is 6.92 Å². The second kappa shape index (κ2) is 13.9. The second-order valence-electron chi connectivity index (χ2n) is 9.43. The number of sulfonamides is 1. The summed E-state index contributed by atoms with van der Waals surface area (Å²) >= 11 is 1.61. The minimum Gasteiger partial charge on any atom is -0.493 e. The molecule has 41 heavy (non-hydrogen) atoms. The van der Waals surface area contributed by atoms with Crippen LogP contribution in [-0.2, 0) is 32.5 Å². The lowest BCUT2D eigenvalue weighted by Crippen LogP contribution is -2.44. The summed E-state index contributed by atoms with van der Waals surface area (Å²) in [5.41, 5.74) is 1.33. The summed E-state index contributed by atoms with van der Waals surface area (Å²) < 4.78 is 45.0. The van der Waals surface area contributed by atoms with Crippen molar-refractivity contribution in [1.82, 2.24) is 14.2 Å². The number of fused-ring (bicyclic) bond motifs is 1. The van der Waals surface area contributed by atoms with Crippen LogP contribution in [0.5, 0.6) is 11.5 Å². The molecule has 0 saturated carbocycles. The molecule has 0 saturated heterocycles. The zero-order valence-electron chi connectivity index (χ0n) is 23.7. The number of pyridine rings is 1. The minimum atomic E-state index is -4.07. The number of aryl methyl sites for hydroxylation is 1. The second-order valence-corrected chi connectivity index (χ2v) is 12.7. The zero-order valence-corrected chi connectivity index (χ0v) is 25.3. The standard InChI is InChI=1S/C30H35N3O6S2/c1-22-10-12-25(40-22)20-32(16-14-23-11-13-26(38-3)27(19-23)39-4)29(34)21-33(17-18-37-2)41(35,36)28-9-5-7-24-8-6-15-31-30(24)28/h5-13,15,19H,14,16-18,20-21H2,1-4H3. The average Bonchev–Trinajstić information content (AvgIpc) is 3.40. The molecule has 2 aromatic heterocycles. The van der Waals surface area contributed by atoms with Gasteiger partial charge in [-0.2, -0.15) is 4.31 Å². The third-order valence-electron chi connectivity index (χ3n) is 6.68. The summed E-state index contributed by atoms with van der Waals surface area (Å²) in [6.45, 7) is 2.61. The fourth-order valence-corrected chi connectivity index (χ4v) is 6.95. The van der Waals surface area contributed by atoms with E-state index >= 15 is 0 Å². The van der Waals surface area contributed by atoms with E-state index in [1.807, 2.05) is 49.4 Å². The van der Waals surface area contributed by atoms with E-state index in [0.717, 1.165) is 15.3 Å². The van der Waals surface area contributed by atoms with E-state index in [1.165, 1.54) is 17.5 Å². The van der Waals surface area contributed by atoms with Gasteiger partial charge >= 0.3 is 0 Å². The quantitative estimate of drug-likeness (QED) is 0.211. The number of carbonyl (C=O) groups is 1. The number of benzene rings is 2. The van der Waals surface area contributed by atoms with Gasteiger partial charge in [0, 0.05) is 41.5 Å². The van der Waals surface area contributed by atoms with Crippen LogP contribution in [0.2, 0.25) is 0 Å². The summed E-state index contributed by atoms with van der Waals surface area (Å²) in [4.78, 5) is 22.1. The Kier molecular flexibility index (Phi) is 10.3. The highest BCUT2D eigenvalue weighted by atomic mass is 32.2. The fourth-order valence-electron chi connectivity index (χ4n) is 4.50. The topological polar surface area (TPSA) is 98.3 Å². The monoisotopic (exact) mass is 597 g/mol. The first-order chi connectivity index (χ1) is 19.8. The highest BCUT2D eigenvalue weighted by Gasteiger charge is 2.30. The number of hydrogen-bond acceptors (Lipinski definition) is 8. The van der Waals surface area contributed by atoms with Crippen LogP contribution in [0.3, 0.4) is 0 Å². The first-order valence-electron chi connectivity index (χ1n) is 13.1. The number of ether oxygens (including phenoxy) is 3. The minimum absolute atomic E-state index is 0.0232. The van der Waals surface area contributed by atoms with Crippen molar-refractivity contribution < 1.29 is 27.4 Å². The van der Waals surface area contributed by atoms with Gasteiger partial charge in [-0.25, -0.2) is 8.42 Å². The van der Waals surface area contributed by atoms with Crippen molar-refractivity contribution in [2.75, 3.05) is 47.6 Å². The van der Waals surface area contributed by atoms with Crippen LogP contribution >= 0.6 is 11.3 Å². The number of thiophene rings is 1. The molecule has 2 heterocycles. The molecule has 0 atom stereocenters. The normalized spacial score (nSPS) is 11.6. The molecule has 0 unspecified atom stereocenters. The lowest BCUT2D eigenvalue weighted by Gasteiger charge is -2.27. The van der Waals surface area contributed by atoms with Crippen molar-refractivity contribution in [1.29, 1.82) is 0 Å². The largest absolute Gasteiger partial charge is 0.493 e. The third kappa shape index (κ3) is 7.42. The maximum absolute atomic E-state index is 13.9. The predicted molar refractivity (Wildman–Crippen MR) is 160 cm³/mol. The van der Waals surface area contributed by atoms with E-state index in [4.69, 9.17) is 14.2 Å². The van der Waals surface area contributed by atoms with Gasteiger partial charge in [0.2, 0.25) is 15.9 Å². The van der Waals surface area contributed by atoms with Gasteiger partial charge in [0.25, 0.3) is 0 Å². The molecule has 218 valence electrons. The number of methoxy groups -OCH3 is 3. The van der Waals surface area contributed by atoms with Crippen molar-refractivity contribution in [3.05, 3.63) is 82.2 Å². The molecule has 0 spiro atoms. The number of hydrogen-bond donors (Lipinski definition) is 0. The van der Waals surface area contributed by atoms with Gasteiger partial charge in [0.15, 0.2) is 11.5 Å². The van der Waals surface area contributed by atoms with Crippen LogP contribution in [0.4, 0.5) is 0 Å². The third-order valence-corrected chi connectivity index (χ3v) is 9.55. The first-order valence-corrected chi connectivity index (χ1v) is 15.4. The smallest absolute Gasteiger partial charge is 0.245 e. The molecule has 1 amide bonds. The van der Waals surface area contributed by atoms with E-state index < -0.39 is 10.0 Å². The Bertz CT molecular complexity index is 1580. The Morgan fingerprint density at radius 1 is 0.951 bits per heavy atom. The van der Waals surface area contributed by atoms with Crippen LogP contribution in [0.15, 0.2) is 71.8 Å². The number of amides is 1. The van der Waals surface area contributed by atoms with E-state index in [1.54, 1.807) is 48.8 Å². The van der Waals surface area contributed by atoms with E-state index in [0.29, 0.717) is 41.9 Å². The molecule has 0 radical (unpaired) electrons. The molecule has 0 N–H and O–H groups in total. The van der Waals surface area contributed by atoms with Crippen molar-refractivity contribution in [2.45, 2.75) is 24.8 Å². The maximum Gasteiger partial charge on any atom is 0.245 e. The van der Waals surface area contributed by atoms with Crippen LogP contribution in [0.25, 0.3) is 10.9 Å². The Hall–Kier alpha value is -3.51. The maximum atomic E-state index is 13.9. The Labute approximate surface area is 245 Å². The number of rotatable bonds is 14. The van der Waals surface area contributed by atoms with Gasteiger partial charge in [-0.3, -0.25) is 9.78 Å². The number of carbonyl (C=O) groups excluding carboxylic acids is 1. The number of para-hydroxylation sites is 1. The highest BCUT2D eigenvalue weighted by molar-refractivity contribution is 7.89. The SMILES string of the molecule is COCCN(CC(=O)N(CCc1ccc(OC)c(OC)c1)Cc1ccc(C)s1)S(=O)(=O)c1cccc2cccnc12. The average molecular weight is 598 g/mol. The predicted octanol–water partition coefficient (Wildman–Crippen LogP) is 4.53. The molecule has 0 aliphatic rings. The molecule has 0 fully saturated rings. The van der Waals surface area contributed by atoms with Crippen LogP contribution in [-0.4, -0.2) is 76.1 Å². The molecule has 2 aromatic carbocycles. The number of aromatic nitrogens is 1. The fraction of sp³-hybridized carbons (Fsp3) is 0.333. The molecule has 0 bridgehead atoms. The first kappa shape index (κ1) is 30.4. The molecular formula is C30H35N3O6S2. The zero-order chi connectivity index (χ0) is 29.4. The van der Waals surface area contributed by atoms with Crippen LogP contribution in [0.1, 0.15) is 15.3 Å². The molecule has 0 aliphatic heterocycles. The molecule has 0 aliphatic carbocycles. The van der Waals surface area contributed by atoms with Gasteiger partial charge < -0.3 is 19.1 Å². The summed E-state index contributed by atoms with van der Waals surface area (Å²) in [6, 6.07) is 18.3. The lowest BCUT2D eigenvalue weighted by molar-refractivity contribution is -0.132. The summed E-state index contributed by atoms with van der Waals surface area (Å²) in [5.74, 6) is 0.932. The number of nitrogens with zero attached hydrogens (tertiary/aromatic N) is 3. The highest BCUT2D eigenvalue weighted by Crippen LogP contribution is 2.28.